The fourth-order valence-electron chi connectivity index (χ4n) is 4.07. The van der Waals surface area contributed by atoms with Gasteiger partial charge in [-0.3, -0.25) is 4.79 Å². The highest BCUT2D eigenvalue weighted by atomic mass is 19.3. The first kappa shape index (κ1) is 18.3. The Balaban J connectivity index is 1.39. The minimum atomic E-state index is -2.66. The highest BCUT2D eigenvalue weighted by molar-refractivity contribution is 5.97. The van der Waals surface area contributed by atoms with Crippen LogP contribution in [0.15, 0.2) is 48.8 Å². The molecule has 1 aromatic carbocycles. The number of alkyl halides is 2. The van der Waals surface area contributed by atoms with Gasteiger partial charge in [0.2, 0.25) is 0 Å². The molecule has 1 saturated carbocycles. The van der Waals surface area contributed by atoms with E-state index >= 15 is 0 Å². The molecule has 4 nitrogen and oxygen atoms in total. The Labute approximate surface area is 168 Å². The van der Waals surface area contributed by atoms with Crippen molar-refractivity contribution in [2.45, 2.75) is 43.9 Å². The van der Waals surface area contributed by atoms with E-state index in [-0.39, 0.29) is 31.8 Å². The van der Waals surface area contributed by atoms with E-state index in [1.165, 1.54) is 23.3 Å². The first-order valence-corrected chi connectivity index (χ1v) is 10.1. The summed E-state index contributed by atoms with van der Waals surface area (Å²) in [6.45, 7) is 2.45. The van der Waals surface area contributed by atoms with Crippen molar-refractivity contribution >= 4 is 16.9 Å². The van der Waals surface area contributed by atoms with Crippen LogP contribution >= 0.6 is 0 Å². The molecule has 0 unspecified atom stereocenters. The molecule has 1 saturated heterocycles. The number of nitrogens with zero attached hydrogens (tertiary/aromatic N) is 3. The highest BCUT2D eigenvalue weighted by Gasteiger charge is 2.38. The Kier molecular flexibility index (Phi) is 4.02. The van der Waals surface area contributed by atoms with Crippen LogP contribution in [0.2, 0.25) is 0 Å². The maximum absolute atomic E-state index is 13.4. The lowest BCUT2D eigenvalue weighted by atomic mass is 9.98. The van der Waals surface area contributed by atoms with Crippen LogP contribution in [0.3, 0.4) is 0 Å². The van der Waals surface area contributed by atoms with Crippen LogP contribution < -0.4 is 0 Å². The SMILES string of the molecule is CC1(c2ccc(-n3ccc4cc(C(=O)N5CCC(F)(F)CC5)cnc43)cc2)CC1. The van der Waals surface area contributed by atoms with E-state index in [9.17, 15) is 13.6 Å². The molecule has 5 rings (SSSR count). The number of pyridine rings is 1. The lowest BCUT2D eigenvalue weighted by Gasteiger charge is -2.31. The quantitative estimate of drug-likeness (QED) is 0.629. The van der Waals surface area contributed by atoms with E-state index in [2.05, 4.69) is 36.2 Å². The average molecular weight is 395 g/mol. The van der Waals surface area contributed by atoms with Gasteiger partial charge < -0.3 is 9.47 Å². The Morgan fingerprint density at radius 2 is 1.72 bits per heavy atom. The second kappa shape index (κ2) is 6.37. The van der Waals surface area contributed by atoms with Gasteiger partial charge in [-0.2, -0.15) is 0 Å². The molecular weight excluding hydrogens is 372 g/mol. The third kappa shape index (κ3) is 3.30. The van der Waals surface area contributed by atoms with Gasteiger partial charge in [-0.25, -0.2) is 13.8 Å². The minimum absolute atomic E-state index is 0.0795. The average Bonchev–Trinajstić information content (AvgIpc) is 3.33. The lowest BCUT2D eigenvalue weighted by Crippen LogP contribution is -2.42. The van der Waals surface area contributed by atoms with Crippen LogP contribution in [0.1, 0.15) is 48.5 Å². The normalized spacial score (nSPS) is 20.0. The summed E-state index contributed by atoms with van der Waals surface area (Å²) >= 11 is 0. The summed E-state index contributed by atoms with van der Waals surface area (Å²) in [5.74, 6) is -2.90. The predicted molar refractivity (Wildman–Crippen MR) is 108 cm³/mol. The molecule has 150 valence electrons. The van der Waals surface area contributed by atoms with Crippen molar-refractivity contribution < 1.29 is 13.6 Å². The number of aromatic nitrogens is 2. The zero-order valence-electron chi connectivity index (χ0n) is 16.4. The first-order valence-electron chi connectivity index (χ1n) is 10.1. The van der Waals surface area contributed by atoms with E-state index in [1.807, 2.05) is 16.8 Å². The summed E-state index contributed by atoms with van der Waals surface area (Å²) < 4.78 is 28.7. The van der Waals surface area contributed by atoms with Crippen molar-refractivity contribution in [2.24, 2.45) is 0 Å². The van der Waals surface area contributed by atoms with E-state index in [0.717, 1.165) is 16.7 Å². The number of halogens is 2. The van der Waals surface area contributed by atoms with Crippen molar-refractivity contribution in [3.05, 3.63) is 59.9 Å². The standard InChI is InChI=1S/C23H23F2N3O/c1-22(7-8-22)18-2-4-19(5-3-18)28-11-6-16-14-17(15-26-20(16)28)21(29)27-12-9-23(24,25)10-13-27/h2-6,11,14-15H,7-10,12-13H2,1H3. The number of benzene rings is 1. The van der Waals surface area contributed by atoms with E-state index in [0.29, 0.717) is 11.0 Å². The van der Waals surface area contributed by atoms with Crippen molar-refractivity contribution in [1.82, 2.24) is 14.5 Å². The largest absolute Gasteiger partial charge is 0.338 e. The molecule has 0 spiro atoms. The molecule has 2 aromatic heterocycles. The third-order valence-corrected chi connectivity index (χ3v) is 6.40. The fraction of sp³-hybridized carbons (Fsp3) is 0.391. The number of hydrogen-bond donors (Lipinski definition) is 0. The summed E-state index contributed by atoms with van der Waals surface area (Å²) in [7, 11) is 0. The molecule has 29 heavy (non-hydrogen) atoms. The predicted octanol–water partition coefficient (Wildman–Crippen LogP) is 4.95. The Morgan fingerprint density at radius 3 is 2.38 bits per heavy atom. The van der Waals surface area contributed by atoms with Gasteiger partial charge in [0, 0.05) is 49.4 Å². The number of amides is 1. The summed E-state index contributed by atoms with van der Waals surface area (Å²) in [5.41, 5.74) is 3.95. The number of piperidine rings is 1. The highest BCUT2D eigenvalue weighted by Crippen LogP contribution is 2.47. The molecule has 6 heteroatoms. The molecule has 1 amide bonds. The number of carbonyl (C=O) groups excluding carboxylic acids is 1. The molecule has 2 aliphatic rings. The first-order chi connectivity index (χ1) is 13.8. The van der Waals surface area contributed by atoms with Crippen LogP contribution in [0.25, 0.3) is 16.7 Å². The van der Waals surface area contributed by atoms with Gasteiger partial charge in [0.1, 0.15) is 5.65 Å². The maximum atomic E-state index is 13.4. The Bertz CT molecular complexity index is 1070. The maximum Gasteiger partial charge on any atom is 0.255 e. The lowest BCUT2D eigenvalue weighted by molar-refractivity contribution is -0.0494. The second-order valence-electron chi connectivity index (χ2n) is 8.58. The number of fused-ring (bicyclic) bond motifs is 1. The van der Waals surface area contributed by atoms with Crippen LogP contribution in [0.4, 0.5) is 8.78 Å². The van der Waals surface area contributed by atoms with Crippen molar-refractivity contribution in [3.8, 4) is 5.69 Å². The fourth-order valence-corrected chi connectivity index (χ4v) is 4.07. The van der Waals surface area contributed by atoms with Crippen LogP contribution in [-0.2, 0) is 5.41 Å². The number of rotatable bonds is 3. The number of carbonyl (C=O) groups is 1. The van der Waals surface area contributed by atoms with Gasteiger partial charge in [0.05, 0.1) is 5.56 Å². The molecular formula is C23H23F2N3O. The molecule has 3 heterocycles. The summed E-state index contributed by atoms with van der Waals surface area (Å²) in [6, 6.07) is 12.3. The van der Waals surface area contributed by atoms with E-state index < -0.39 is 5.92 Å². The van der Waals surface area contributed by atoms with Gasteiger partial charge in [0.25, 0.3) is 11.8 Å². The molecule has 2 fully saturated rings. The van der Waals surface area contributed by atoms with Crippen LogP contribution in [0.5, 0.6) is 0 Å². The van der Waals surface area contributed by atoms with Crippen molar-refractivity contribution in [3.63, 3.8) is 0 Å². The zero-order valence-corrected chi connectivity index (χ0v) is 16.4. The number of hydrogen-bond acceptors (Lipinski definition) is 2. The van der Waals surface area contributed by atoms with Gasteiger partial charge in [-0.15, -0.1) is 0 Å². The topological polar surface area (TPSA) is 38.1 Å². The van der Waals surface area contributed by atoms with Gasteiger partial charge in [-0.1, -0.05) is 19.1 Å². The molecule has 0 N–H and O–H groups in total. The van der Waals surface area contributed by atoms with Gasteiger partial charge in [0.15, 0.2) is 0 Å². The monoisotopic (exact) mass is 395 g/mol. The van der Waals surface area contributed by atoms with Crippen molar-refractivity contribution in [2.75, 3.05) is 13.1 Å². The number of likely N-dealkylation sites (tertiary alicyclic amines) is 1. The summed E-state index contributed by atoms with van der Waals surface area (Å²) in [4.78, 5) is 18.7. The Morgan fingerprint density at radius 1 is 1.03 bits per heavy atom. The second-order valence-corrected chi connectivity index (χ2v) is 8.58. The molecule has 0 radical (unpaired) electrons. The van der Waals surface area contributed by atoms with E-state index in [4.69, 9.17) is 0 Å². The van der Waals surface area contributed by atoms with Gasteiger partial charge >= 0.3 is 0 Å². The smallest absolute Gasteiger partial charge is 0.255 e. The molecule has 1 aliphatic carbocycles. The van der Waals surface area contributed by atoms with Crippen LogP contribution in [0, 0.1) is 0 Å². The summed E-state index contributed by atoms with van der Waals surface area (Å²) in [6.07, 6.45) is 5.42. The van der Waals surface area contributed by atoms with Crippen LogP contribution in [-0.4, -0.2) is 39.4 Å². The molecule has 1 aliphatic heterocycles. The molecule has 0 bridgehead atoms. The minimum Gasteiger partial charge on any atom is -0.338 e. The third-order valence-electron chi connectivity index (χ3n) is 6.40. The van der Waals surface area contributed by atoms with Crippen molar-refractivity contribution in [1.29, 1.82) is 0 Å². The molecule has 0 atom stereocenters. The summed E-state index contributed by atoms with van der Waals surface area (Å²) in [5, 5.41) is 0.858. The van der Waals surface area contributed by atoms with Gasteiger partial charge in [-0.05, 0) is 48.1 Å². The zero-order chi connectivity index (χ0) is 20.2. The molecule has 3 aromatic rings. The Hall–Kier alpha value is -2.76. The van der Waals surface area contributed by atoms with E-state index in [1.54, 1.807) is 12.3 Å².